The summed E-state index contributed by atoms with van der Waals surface area (Å²) < 4.78 is 6.55. The number of esters is 1. The van der Waals surface area contributed by atoms with E-state index in [0.717, 1.165) is 6.42 Å². The van der Waals surface area contributed by atoms with Gasteiger partial charge in [0.1, 0.15) is 0 Å². The van der Waals surface area contributed by atoms with Crippen LogP contribution in [0.25, 0.3) is 0 Å². The Labute approximate surface area is 113 Å². The largest absolute Gasteiger partial charge is 0.461 e. The molecule has 1 atom stereocenters. The molecular formula is C13H21N3O3. The highest BCUT2D eigenvalue weighted by Gasteiger charge is 2.11. The first-order chi connectivity index (χ1) is 9.06. The molecule has 0 aliphatic carbocycles. The second kappa shape index (κ2) is 7.56. The van der Waals surface area contributed by atoms with Crippen LogP contribution in [0.5, 0.6) is 0 Å². The number of hydrogen-bond acceptors (Lipinski definition) is 4. The first-order valence-electron chi connectivity index (χ1n) is 6.55. The number of nitrogens with one attached hydrogen (secondary N) is 1. The van der Waals surface area contributed by atoms with Gasteiger partial charge in [0, 0.05) is 25.2 Å². The van der Waals surface area contributed by atoms with Crippen LogP contribution in [-0.2, 0) is 16.1 Å². The van der Waals surface area contributed by atoms with Crippen molar-refractivity contribution in [1.29, 1.82) is 0 Å². The monoisotopic (exact) mass is 267 g/mol. The van der Waals surface area contributed by atoms with Crippen LogP contribution < -0.4 is 5.32 Å². The van der Waals surface area contributed by atoms with Gasteiger partial charge >= 0.3 is 5.97 Å². The Morgan fingerprint density at radius 3 is 2.84 bits per heavy atom. The molecular weight excluding hydrogens is 246 g/mol. The van der Waals surface area contributed by atoms with Crippen LogP contribution in [0.4, 0.5) is 0 Å². The van der Waals surface area contributed by atoms with Gasteiger partial charge in [-0.3, -0.25) is 4.79 Å². The van der Waals surface area contributed by atoms with Crippen molar-refractivity contribution >= 4 is 11.9 Å². The summed E-state index contributed by atoms with van der Waals surface area (Å²) in [5.74, 6) is -0.439. The Balaban J connectivity index is 2.42. The predicted octanol–water partition coefficient (Wildman–Crippen LogP) is 1.36. The fraction of sp³-hybridized carbons (Fsp3) is 0.615. The molecule has 106 valence electrons. The molecule has 1 heterocycles. The van der Waals surface area contributed by atoms with Crippen molar-refractivity contribution in [3.8, 4) is 0 Å². The summed E-state index contributed by atoms with van der Waals surface area (Å²) in [5.41, 5.74) is 0.268. The molecule has 19 heavy (non-hydrogen) atoms. The Morgan fingerprint density at radius 1 is 1.47 bits per heavy atom. The highest BCUT2D eigenvalue weighted by atomic mass is 16.5. The van der Waals surface area contributed by atoms with Gasteiger partial charge in [-0.2, -0.15) is 0 Å². The Kier molecular flexibility index (Phi) is 6.05. The Bertz CT molecular complexity index is 429. The lowest BCUT2D eigenvalue weighted by molar-refractivity contribution is -0.121. The van der Waals surface area contributed by atoms with Gasteiger partial charge in [0.15, 0.2) is 5.69 Å². The summed E-state index contributed by atoms with van der Waals surface area (Å²) in [4.78, 5) is 26.9. The van der Waals surface area contributed by atoms with E-state index in [-0.39, 0.29) is 17.6 Å². The van der Waals surface area contributed by atoms with Crippen LogP contribution in [0, 0.1) is 0 Å². The van der Waals surface area contributed by atoms with Crippen LogP contribution >= 0.6 is 0 Å². The maximum Gasteiger partial charge on any atom is 0.358 e. The number of aromatic nitrogens is 2. The van der Waals surface area contributed by atoms with Crippen LogP contribution in [0.2, 0.25) is 0 Å². The molecule has 1 unspecified atom stereocenters. The predicted molar refractivity (Wildman–Crippen MR) is 70.7 cm³/mol. The third kappa shape index (κ3) is 5.11. The summed E-state index contributed by atoms with van der Waals surface area (Å²) >= 11 is 0. The number of hydrogen-bond donors (Lipinski definition) is 1. The summed E-state index contributed by atoms with van der Waals surface area (Å²) in [6.07, 6.45) is 4.39. The molecule has 0 fully saturated rings. The van der Waals surface area contributed by atoms with E-state index in [0.29, 0.717) is 19.6 Å². The molecule has 1 rings (SSSR count). The molecule has 1 N–H and O–H groups in total. The molecule has 0 saturated carbocycles. The number of aryl methyl sites for hydroxylation is 1. The molecule has 0 aromatic carbocycles. The second-order valence-electron chi connectivity index (χ2n) is 4.34. The van der Waals surface area contributed by atoms with Gasteiger partial charge in [-0.25, -0.2) is 9.78 Å². The van der Waals surface area contributed by atoms with Crippen molar-refractivity contribution in [2.24, 2.45) is 0 Å². The van der Waals surface area contributed by atoms with E-state index < -0.39 is 5.97 Å². The van der Waals surface area contributed by atoms with Crippen LogP contribution in [0.1, 0.15) is 44.1 Å². The molecule has 0 saturated heterocycles. The molecule has 1 aromatic rings. The van der Waals surface area contributed by atoms with Crippen molar-refractivity contribution in [2.75, 3.05) is 6.61 Å². The lowest BCUT2D eigenvalue weighted by atomic mass is 10.2. The Morgan fingerprint density at radius 2 is 2.21 bits per heavy atom. The van der Waals surface area contributed by atoms with Crippen molar-refractivity contribution in [1.82, 2.24) is 14.9 Å². The van der Waals surface area contributed by atoms with E-state index in [1.54, 1.807) is 17.7 Å². The summed E-state index contributed by atoms with van der Waals surface area (Å²) in [7, 11) is 0. The number of nitrogens with zero attached hydrogens (tertiary/aromatic N) is 2. The minimum atomic E-state index is -0.440. The van der Waals surface area contributed by atoms with E-state index in [1.165, 1.54) is 6.33 Å². The average molecular weight is 267 g/mol. The first kappa shape index (κ1) is 15.2. The fourth-order valence-electron chi connectivity index (χ4n) is 1.47. The molecule has 1 amide bonds. The van der Waals surface area contributed by atoms with Crippen molar-refractivity contribution < 1.29 is 14.3 Å². The number of carbonyl (C=O) groups is 2. The standard InChI is InChI=1S/C13H21N3O3/c1-4-10(3)15-12(17)6-7-16-8-11(14-9-16)13(18)19-5-2/h8-10H,4-7H2,1-3H3,(H,15,17). The minimum Gasteiger partial charge on any atom is -0.461 e. The minimum absolute atomic E-state index is 0.000680. The molecule has 0 spiro atoms. The highest BCUT2D eigenvalue weighted by Crippen LogP contribution is 2.01. The lowest BCUT2D eigenvalue weighted by Crippen LogP contribution is -2.32. The van der Waals surface area contributed by atoms with Crippen LogP contribution in [-0.4, -0.2) is 34.1 Å². The van der Waals surface area contributed by atoms with Gasteiger partial charge in [0.2, 0.25) is 5.91 Å². The molecule has 6 heteroatoms. The number of imidazole rings is 1. The number of rotatable bonds is 7. The molecule has 0 aliphatic rings. The molecule has 0 radical (unpaired) electrons. The molecule has 6 nitrogen and oxygen atoms in total. The zero-order valence-electron chi connectivity index (χ0n) is 11.7. The zero-order chi connectivity index (χ0) is 14.3. The highest BCUT2D eigenvalue weighted by molar-refractivity contribution is 5.86. The number of amides is 1. The lowest BCUT2D eigenvalue weighted by Gasteiger charge is -2.11. The zero-order valence-corrected chi connectivity index (χ0v) is 11.7. The van der Waals surface area contributed by atoms with Gasteiger partial charge in [0.25, 0.3) is 0 Å². The average Bonchev–Trinajstić information content (AvgIpc) is 2.85. The van der Waals surface area contributed by atoms with Gasteiger partial charge in [-0.15, -0.1) is 0 Å². The summed E-state index contributed by atoms with van der Waals surface area (Å²) in [6.45, 7) is 6.55. The van der Waals surface area contributed by atoms with E-state index in [9.17, 15) is 9.59 Å². The van der Waals surface area contributed by atoms with Crippen molar-refractivity contribution in [3.05, 3.63) is 18.2 Å². The van der Waals surface area contributed by atoms with Gasteiger partial charge in [-0.1, -0.05) is 6.92 Å². The van der Waals surface area contributed by atoms with Gasteiger partial charge < -0.3 is 14.6 Å². The first-order valence-corrected chi connectivity index (χ1v) is 6.55. The molecule has 0 bridgehead atoms. The van der Waals surface area contributed by atoms with Crippen LogP contribution in [0.15, 0.2) is 12.5 Å². The fourth-order valence-corrected chi connectivity index (χ4v) is 1.47. The third-order valence-electron chi connectivity index (χ3n) is 2.73. The summed E-state index contributed by atoms with van der Waals surface area (Å²) in [5, 5.41) is 2.89. The quantitative estimate of drug-likeness (QED) is 0.757. The second-order valence-corrected chi connectivity index (χ2v) is 4.34. The van der Waals surface area contributed by atoms with E-state index in [2.05, 4.69) is 10.3 Å². The topological polar surface area (TPSA) is 73.2 Å². The van der Waals surface area contributed by atoms with E-state index in [4.69, 9.17) is 4.74 Å². The number of ether oxygens (including phenoxy) is 1. The van der Waals surface area contributed by atoms with E-state index in [1.807, 2.05) is 13.8 Å². The normalized spacial score (nSPS) is 11.9. The summed E-state index contributed by atoms with van der Waals surface area (Å²) in [6, 6.07) is 0.186. The maximum absolute atomic E-state index is 11.6. The van der Waals surface area contributed by atoms with Gasteiger partial charge in [0.05, 0.1) is 12.9 Å². The van der Waals surface area contributed by atoms with Crippen molar-refractivity contribution in [3.63, 3.8) is 0 Å². The van der Waals surface area contributed by atoms with E-state index >= 15 is 0 Å². The Hall–Kier alpha value is -1.85. The van der Waals surface area contributed by atoms with Crippen molar-refractivity contribution in [2.45, 2.75) is 46.2 Å². The van der Waals surface area contributed by atoms with Gasteiger partial charge in [-0.05, 0) is 20.3 Å². The maximum atomic E-state index is 11.6. The molecule has 1 aromatic heterocycles. The number of carbonyl (C=O) groups excluding carboxylic acids is 2. The molecule has 0 aliphatic heterocycles. The smallest absolute Gasteiger partial charge is 0.358 e. The third-order valence-corrected chi connectivity index (χ3v) is 2.73. The SMILES string of the molecule is CCOC(=O)c1cn(CCC(=O)NC(C)CC)cn1. The van der Waals surface area contributed by atoms with Crippen LogP contribution in [0.3, 0.4) is 0 Å².